The number of fused-ring (bicyclic) bond motifs is 1. The monoisotopic (exact) mass is 326 g/mol. The van der Waals surface area contributed by atoms with E-state index in [2.05, 4.69) is 0 Å². The van der Waals surface area contributed by atoms with Gasteiger partial charge < -0.3 is 19.3 Å². The van der Waals surface area contributed by atoms with Crippen LogP contribution in [0.25, 0.3) is 0 Å². The number of hydrogen-bond acceptors (Lipinski definition) is 4. The minimum absolute atomic E-state index is 0.00445. The number of carbonyl (C=O) groups is 1. The van der Waals surface area contributed by atoms with Crippen molar-refractivity contribution in [2.75, 3.05) is 39.3 Å². The zero-order chi connectivity index (χ0) is 17.1. The Hall–Kier alpha value is -2.69. The molecule has 0 saturated heterocycles. The summed E-state index contributed by atoms with van der Waals surface area (Å²) in [5, 5.41) is 0. The Bertz CT molecular complexity index is 726. The molecule has 5 nitrogen and oxygen atoms in total. The third-order valence-corrected chi connectivity index (χ3v) is 4.00. The Morgan fingerprint density at radius 2 is 1.62 bits per heavy atom. The molecule has 0 bridgehead atoms. The molecule has 0 aliphatic carbocycles. The van der Waals surface area contributed by atoms with E-state index in [9.17, 15) is 4.79 Å². The number of ether oxygens (including phenoxy) is 2. The number of benzene rings is 2. The summed E-state index contributed by atoms with van der Waals surface area (Å²) in [6.45, 7) is 1.65. The molecule has 1 heterocycles. The van der Waals surface area contributed by atoms with Gasteiger partial charge in [-0.25, -0.2) is 0 Å². The SMILES string of the molecule is CN(Cc1ccc2c(c1)OCCO2)C(=O)c1ccc(N(C)C)cc1. The molecule has 0 saturated carbocycles. The van der Waals surface area contributed by atoms with Crippen LogP contribution in [0.4, 0.5) is 5.69 Å². The van der Waals surface area contributed by atoms with Gasteiger partial charge in [0, 0.05) is 38.9 Å². The van der Waals surface area contributed by atoms with E-state index in [4.69, 9.17) is 9.47 Å². The third kappa shape index (κ3) is 3.45. The smallest absolute Gasteiger partial charge is 0.253 e. The van der Waals surface area contributed by atoms with Crippen molar-refractivity contribution in [2.45, 2.75) is 6.54 Å². The maximum Gasteiger partial charge on any atom is 0.253 e. The third-order valence-electron chi connectivity index (χ3n) is 4.00. The summed E-state index contributed by atoms with van der Waals surface area (Å²) in [7, 11) is 5.76. The van der Waals surface area contributed by atoms with E-state index in [-0.39, 0.29) is 5.91 Å². The van der Waals surface area contributed by atoms with Crippen molar-refractivity contribution < 1.29 is 14.3 Å². The van der Waals surface area contributed by atoms with E-state index in [0.29, 0.717) is 25.3 Å². The lowest BCUT2D eigenvalue weighted by molar-refractivity contribution is 0.0785. The van der Waals surface area contributed by atoms with Gasteiger partial charge in [0.15, 0.2) is 11.5 Å². The second-order valence-corrected chi connectivity index (χ2v) is 6.08. The molecular formula is C19H22N2O3. The number of rotatable bonds is 4. The lowest BCUT2D eigenvalue weighted by atomic mass is 10.1. The summed E-state index contributed by atoms with van der Waals surface area (Å²) >= 11 is 0. The lowest BCUT2D eigenvalue weighted by Gasteiger charge is -2.21. The Balaban J connectivity index is 1.69. The van der Waals surface area contributed by atoms with Crippen LogP contribution in [0.2, 0.25) is 0 Å². The predicted molar refractivity (Wildman–Crippen MR) is 94.0 cm³/mol. The second-order valence-electron chi connectivity index (χ2n) is 6.08. The van der Waals surface area contributed by atoms with Crippen LogP contribution in [0.15, 0.2) is 42.5 Å². The Labute approximate surface area is 142 Å². The minimum atomic E-state index is -0.00445. The van der Waals surface area contributed by atoms with E-state index in [1.165, 1.54) is 0 Å². The van der Waals surface area contributed by atoms with Crippen molar-refractivity contribution in [1.29, 1.82) is 0 Å². The van der Waals surface area contributed by atoms with Crippen molar-refractivity contribution in [3.63, 3.8) is 0 Å². The van der Waals surface area contributed by atoms with Crippen LogP contribution in [0, 0.1) is 0 Å². The quantitative estimate of drug-likeness (QED) is 0.866. The van der Waals surface area contributed by atoms with Crippen molar-refractivity contribution in [2.24, 2.45) is 0 Å². The maximum atomic E-state index is 12.6. The summed E-state index contributed by atoms with van der Waals surface area (Å²) < 4.78 is 11.1. The zero-order valence-electron chi connectivity index (χ0n) is 14.3. The van der Waals surface area contributed by atoms with Gasteiger partial charge in [-0.05, 0) is 42.0 Å². The minimum Gasteiger partial charge on any atom is -0.486 e. The van der Waals surface area contributed by atoms with E-state index in [1.807, 2.05) is 61.5 Å². The van der Waals surface area contributed by atoms with Gasteiger partial charge in [0.2, 0.25) is 0 Å². The molecule has 0 atom stereocenters. The van der Waals surface area contributed by atoms with Crippen LogP contribution in [0.1, 0.15) is 15.9 Å². The van der Waals surface area contributed by atoms with E-state index in [1.54, 1.807) is 11.9 Å². The summed E-state index contributed by atoms with van der Waals surface area (Å²) in [6.07, 6.45) is 0. The molecule has 3 rings (SSSR count). The highest BCUT2D eigenvalue weighted by Gasteiger charge is 2.15. The molecule has 24 heavy (non-hydrogen) atoms. The van der Waals surface area contributed by atoms with Crippen LogP contribution in [-0.4, -0.2) is 45.2 Å². The first-order valence-electron chi connectivity index (χ1n) is 7.96. The van der Waals surface area contributed by atoms with Crippen molar-refractivity contribution >= 4 is 11.6 Å². The van der Waals surface area contributed by atoms with Crippen molar-refractivity contribution in [3.8, 4) is 11.5 Å². The van der Waals surface area contributed by atoms with Gasteiger partial charge in [0.1, 0.15) is 13.2 Å². The molecular weight excluding hydrogens is 304 g/mol. The number of anilines is 1. The molecule has 0 radical (unpaired) electrons. The maximum absolute atomic E-state index is 12.6. The largest absolute Gasteiger partial charge is 0.486 e. The first-order chi connectivity index (χ1) is 11.5. The van der Waals surface area contributed by atoms with Gasteiger partial charge in [-0.15, -0.1) is 0 Å². The van der Waals surface area contributed by atoms with Crippen LogP contribution >= 0.6 is 0 Å². The normalized spacial score (nSPS) is 12.6. The zero-order valence-corrected chi connectivity index (χ0v) is 14.3. The van der Waals surface area contributed by atoms with E-state index >= 15 is 0 Å². The Morgan fingerprint density at radius 3 is 2.29 bits per heavy atom. The summed E-state index contributed by atoms with van der Waals surface area (Å²) in [5.74, 6) is 1.50. The van der Waals surface area contributed by atoms with Gasteiger partial charge in [0.25, 0.3) is 5.91 Å². The summed E-state index contributed by atoms with van der Waals surface area (Å²) in [5.41, 5.74) is 2.77. The van der Waals surface area contributed by atoms with Crippen LogP contribution in [-0.2, 0) is 6.54 Å². The fourth-order valence-electron chi connectivity index (χ4n) is 2.65. The van der Waals surface area contributed by atoms with Crippen LogP contribution in [0.3, 0.4) is 0 Å². The number of carbonyl (C=O) groups excluding carboxylic acids is 1. The molecule has 5 heteroatoms. The molecule has 126 valence electrons. The highest BCUT2D eigenvalue weighted by atomic mass is 16.6. The topological polar surface area (TPSA) is 42.0 Å². The first-order valence-corrected chi connectivity index (χ1v) is 7.96. The van der Waals surface area contributed by atoms with Gasteiger partial charge in [-0.3, -0.25) is 4.79 Å². The summed E-state index contributed by atoms with van der Waals surface area (Å²) in [4.78, 5) is 16.3. The van der Waals surface area contributed by atoms with Crippen LogP contribution in [0.5, 0.6) is 11.5 Å². The predicted octanol–water partition coefficient (Wildman–Crippen LogP) is 2.80. The average Bonchev–Trinajstić information content (AvgIpc) is 2.61. The van der Waals surface area contributed by atoms with Gasteiger partial charge >= 0.3 is 0 Å². The molecule has 1 aliphatic heterocycles. The first kappa shape index (κ1) is 16.2. The lowest BCUT2D eigenvalue weighted by Crippen LogP contribution is -2.26. The van der Waals surface area contributed by atoms with Gasteiger partial charge in [-0.2, -0.15) is 0 Å². The molecule has 2 aromatic rings. The highest BCUT2D eigenvalue weighted by Crippen LogP contribution is 2.31. The Morgan fingerprint density at radius 1 is 0.958 bits per heavy atom. The average molecular weight is 326 g/mol. The molecule has 0 aromatic heterocycles. The molecule has 0 fully saturated rings. The van der Waals surface area contributed by atoms with Crippen molar-refractivity contribution in [1.82, 2.24) is 4.90 Å². The Kier molecular flexibility index (Phi) is 4.60. The summed E-state index contributed by atoms with van der Waals surface area (Å²) in [6, 6.07) is 13.4. The van der Waals surface area contributed by atoms with E-state index < -0.39 is 0 Å². The molecule has 0 N–H and O–H groups in total. The molecule has 1 amide bonds. The van der Waals surface area contributed by atoms with Gasteiger partial charge in [-0.1, -0.05) is 6.07 Å². The van der Waals surface area contributed by atoms with Crippen LogP contribution < -0.4 is 14.4 Å². The fourth-order valence-corrected chi connectivity index (χ4v) is 2.65. The number of amides is 1. The fraction of sp³-hybridized carbons (Fsp3) is 0.316. The second kappa shape index (κ2) is 6.83. The molecule has 0 spiro atoms. The van der Waals surface area contributed by atoms with Gasteiger partial charge in [0.05, 0.1) is 0 Å². The molecule has 1 aliphatic rings. The standard InChI is InChI=1S/C19H22N2O3/c1-20(2)16-7-5-15(6-8-16)19(22)21(3)13-14-4-9-17-18(12-14)24-11-10-23-17/h4-9,12H,10-11,13H2,1-3H3. The highest BCUT2D eigenvalue weighted by molar-refractivity contribution is 5.94. The van der Waals surface area contributed by atoms with E-state index in [0.717, 1.165) is 22.7 Å². The molecule has 0 unspecified atom stereocenters. The number of hydrogen-bond donors (Lipinski definition) is 0. The molecule has 2 aromatic carbocycles. The van der Waals surface area contributed by atoms with Crippen molar-refractivity contribution in [3.05, 3.63) is 53.6 Å². The number of nitrogens with zero attached hydrogens (tertiary/aromatic N) is 2.